The summed E-state index contributed by atoms with van der Waals surface area (Å²) in [5.74, 6) is -2.09. The van der Waals surface area contributed by atoms with Crippen molar-refractivity contribution in [2.75, 3.05) is 5.32 Å². The average molecular weight is 278 g/mol. The Morgan fingerprint density at radius 3 is 2.24 bits per heavy atom. The van der Waals surface area contributed by atoms with Gasteiger partial charge in [0.05, 0.1) is 6.42 Å². The van der Waals surface area contributed by atoms with Gasteiger partial charge in [0, 0.05) is 15.7 Å². The molecule has 0 fully saturated rings. The molecule has 3 N–H and O–H groups in total. The van der Waals surface area contributed by atoms with Crippen molar-refractivity contribution in [1.82, 2.24) is 0 Å². The van der Waals surface area contributed by atoms with Gasteiger partial charge in [0.2, 0.25) is 0 Å². The first-order valence-electron chi connectivity index (χ1n) is 4.55. The molecule has 7 heteroatoms. The second-order valence-electron chi connectivity index (χ2n) is 3.26. The molecule has 0 unspecified atom stereocenters. The highest BCUT2D eigenvalue weighted by Crippen LogP contribution is 2.22. The van der Waals surface area contributed by atoms with Crippen LogP contribution in [0.1, 0.15) is 6.42 Å². The van der Waals surface area contributed by atoms with Gasteiger partial charge in [0.1, 0.15) is 6.10 Å². The number of aliphatic carboxylic acids is 1. The van der Waals surface area contributed by atoms with E-state index in [-0.39, 0.29) is 5.69 Å². The number of carbonyl (C=O) groups is 2. The van der Waals surface area contributed by atoms with Gasteiger partial charge in [0.15, 0.2) is 0 Å². The lowest BCUT2D eigenvalue weighted by Gasteiger charge is -2.09. The van der Waals surface area contributed by atoms with Crippen LogP contribution in [0.15, 0.2) is 18.2 Å². The number of rotatable bonds is 4. The van der Waals surface area contributed by atoms with Gasteiger partial charge in [-0.05, 0) is 18.2 Å². The Bertz CT molecular complexity index is 430. The van der Waals surface area contributed by atoms with Crippen molar-refractivity contribution < 1.29 is 19.8 Å². The fourth-order valence-corrected chi connectivity index (χ4v) is 1.64. The van der Waals surface area contributed by atoms with Gasteiger partial charge < -0.3 is 15.5 Å². The highest BCUT2D eigenvalue weighted by Gasteiger charge is 2.18. The Hall–Kier alpha value is -1.30. The Balaban J connectivity index is 2.70. The van der Waals surface area contributed by atoms with E-state index in [1.54, 1.807) is 0 Å². The number of carbonyl (C=O) groups excluding carboxylic acids is 1. The van der Waals surface area contributed by atoms with Crippen LogP contribution in [0.3, 0.4) is 0 Å². The van der Waals surface area contributed by atoms with Gasteiger partial charge in [-0.15, -0.1) is 0 Å². The number of carboxylic acids is 1. The average Bonchev–Trinajstić information content (AvgIpc) is 2.14. The molecule has 92 valence electrons. The van der Waals surface area contributed by atoms with E-state index in [0.29, 0.717) is 10.0 Å². The minimum absolute atomic E-state index is 0.289. The zero-order chi connectivity index (χ0) is 13.0. The molecule has 5 nitrogen and oxygen atoms in total. The van der Waals surface area contributed by atoms with Crippen LogP contribution >= 0.6 is 23.2 Å². The summed E-state index contributed by atoms with van der Waals surface area (Å²) < 4.78 is 0. The van der Waals surface area contributed by atoms with E-state index < -0.39 is 24.4 Å². The summed E-state index contributed by atoms with van der Waals surface area (Å²) in [6, 6.07) is 4.34. The Kier molecular flexibility index (Phi) is 4.74. The second-order valence-corrected chi connectivity index (χ2v) is 4.13. The van der Waals surface area contributed by atoms with Crippen molar-refractivity contribution in [3.63, 3.8) is 0 Å². The number of anilines is 1. The van der Waals surface area contributed by atoms with Crippen LogP contribution in [0.5, 0.6) is 0 Å². The van der Waals surface area contributed by atoms with Crippen LogP contribution in [0.4, 0.5) is 5.69 Å². The fourth-order valence-electron chi connectivity index (χ4n) is 1.11. The molecule has 0 saturated carbocycles. The van der Waals surface area contributed by atoms with Crippen LogP contribution in [-0.2, 0) is 9.59 Å². The summed E-state index contributed by atoms with van der Waals surface area (Å²) in [6.07, 6.45) is -2.29. The fraction of sp³-hybridized carbons (Fsp3) is 0.200. The third-order valence-electron chi connectivity index (χ3n) is 1.80. The van der Waals surface area contributed by atoms with E-state index in [9.17, 15) is 14.7 Å². The lowest BCUT2D eigenvalue weighted by atomic mass is 10.2. The number of nitrogens with one attached hydrogen (secondary N) is 1. The third kappa shape index (κ3) is 4.60. The molecule has 1 aromatic rings. The maximum atomic E-state index is 11.4. The molecule has 0 radical (unpaired) electrons. The standard InChI is InChI=1S/C10H9Cl2NO4/c11-5-1-6(12)3-7(2-5)13-10(17)8(14)4-9(15)16/h1-3,8,14H,4H2,(H,13,17)(H,15,16)/t8-/m1/s1. The number of amides is 1. The van der Waals surface area contributed by atoms with Gasteiger partial charge in [-0.3, -0.25) is 9.59 Å². The molecule has 0 aliphatic heterocycles. The zero-order valence-corrected chi connectivity index (χ0v) is 10.00. The molecular weight excluding hydrogens is 269 g/mol. The van der Waals surface area contributed by atoms with Crippen LogP contribution in [0, 0.1) is 0 Å². The molecule has 1 rings (SSSR count). The van der Waals surface area contributed by atoms with E-state index >= 15 is 0 Å². The predicted octanol–water partition coefficient (Wildman–Crippen LogP) is 1.77. The molecule has 0 saturated heterocycles. The molecule has 0 aliphatic carbocycles. The van der Waals surface area contributed by atoms with Gasteiger partial charge >= 0.3 is 5.97 Å². The molecular formula is C10H9Cl2NO4. The molecule has 1 aromatic carbocycles. The summed E-state index contributed by atoms with van der Waals surface area (Å²) in [4.78, 5) is 21.7. The zero-order valence-electron chi connectivity index (χ0n) is 8.48. The number of aliphatic hydroxyl groups is 1. The minimum atomic E-state index is -1.62. The van der Waals surface area contributed by atoms with Gasteiger partial charge in [-0.2, -0.15) is 0 Å². The Morgan fingerprint density at radius 2 is 1.76 bits per heavy atom. The van der Waals surface area contributed by atoms with Crippen LogP contribution < -0.4 is 5.32 Å². The molecule has 1 atom stereocenters. The van der Waals surface area contributed by atoms with Gasteiger partial charge in [0.25, 0.3) is 5.91 Å². The highest BCUT2D eigenvalue weighted by atomic mass is 35.5. The Morgan fingerprint density at radius 1 is 1.24 bits per heavy atom. The van der Waals surface area contributed by atoms with Crippen LogP contribution in [0.25, 0.3) is 0 Å². The maximum Gasteiger partial charge on any atom is 0.306 e. The SMILES string of the molecule is O=C(O)C[C@@H](O)C(=O)Nc1cc(Cl)cc(Cl)c1. The van der Waals surface area contributed by atoms with Crippen molar-refractivity contribution in [2.45, 2.75) is 12.5 Å². The number of halogens is 2. The molecule has 0 bridgehead atoms. The lowest BCUT2D eigenvalue weighted by Crippen LogP contribution is -2.29. The smallest absolute Gasteiger partial charge is 0.306 e. The molecule has 0 spiro atoms. The molecule has 0 aliphatic rings. The quantitative estimate of drug-likeness (QED) is 0.783. The molecule has 1 amide bonds. The predicted molar refractivity (Wildman–Crippen MR) is 63.4 cm³/mol. The van der Waals surface area contributed by atoms with Crippen molar-refractivity contribution >= 4 is 40.8 Å². The summed E-state index contributed by atoms with van der Waals surface area (Å²) in [5, 5.41) is 20.6. The van der Waals surface area contributed by atoms with Gasteiger partial charge in [-0.1, -0.05) is 23.2 Å². The van der Waals surface area contributed by atoms with E-state index in [1.165, 1.54) is 18.2 Å². The van der Waals surface area contributed by atoms with E-state index in [1.807, 2.05) is 0 Å². The number of hydrogen-bond acceptors (Lipinski definition) is 3. The summed E-state index contributed by atoms with van der Waals surface area (Å²) >= 11 is 11.4. The highest BCUT2D eigenvalue weighted by molar-refractivity contribution is 6.35. The van der Waals surface area contributed by atoms with Crippen LogP contribution in [0.2, 0.25) is 10.0 Å². The van der Waals surface area contributed by atoms with Crippen LogP contribution in [-0.4, -0.2) is 28.2 Å². The normalized spacial score (nSPS) is 11.9. The van der Waals surface area contributed by atoms with E-state index in [2.05, 4.69) is 5.32 Å². The first-order chi connectivity index (χ1) is 7.88. The summed E-state index contributed by atoms with van der Waals surface area (Å²) in [6.45, 7) is 0. The summed E-state index contributed by atoms with van der Waals surface area (Å²) in [5.41, 5.74) is 0.289. The number of benzene rings is 1. The largest absolute Gasteiger partial charge is 0.481 e. The van der Waals surface area contributed by atoms with E-state index in [0.717, 1.165) is 0 Å². The first kappa shape index (κ1) is 13.8. The summed E-state index contributed by atoms with van der Waals surface area (Å²) in [7, 11) is 0. The maximum absolute atomic E-state index is 11.4. The second kappa shape index (κ2) is 5.86. The van der Waals surface area contributed by atoms with Crippen molar-refractivity contribution in [3.8, 4) is 0 Å². The van der Waals surface area contributed by atoms with Crippen molar-refractivity contribution in [2.24, 2.45) is 0 Å². The topological polar surface area (TPSA) is 86.6 Å². The number of aliphatic hydroxyl groups excluding tert-OH is 1. The molecule has 17 heavy (non-hydrogen) atoms. The number of hydrogen-bond donors (Lipinski definition) is 3. The molecule has 0 heterocycles. The molecule has 0 aromatic heterocycles. The lowest BCUT2D eigenvalue weighted by molar-refractivity contribution is -0.142. The first-order valence-corrected chi connectivity index (χ1v) is 5.31. The van der Waals surface area contributed by atoms with Gasteiger partial charge in [-0.25, -0.2) is 0 Å². The van der Waals surface area contributed by atoms with Crippen molar-refractivity contribution in [3.05, 3.63) is 28.2 Å². The monoisotopic (exact) mass is 277 g/mol. The van der Waals surface area contributed by atoms with E-state index in [4.69, 9.17) is 28.3 Å². The van der Waals surface area contributed by atoms with Crippen molar-refractivity contribution in [1.29, 1.82) is 0 Å². The Labute approximate surface area is 107 Å². The third-order valence-corrected chi connectivity index (χ3v) is 2.24. The number of carboxylic acid groups (broad SMARTS) is 1. The minimum Gasteiger partial charge on any atom is -0.481 e.